The molecule has 2 fully saturated rings. The number of carbonyl (C=O) groups is 1. The highest BCUT2D eigenvalue weighted by molar-refractivity contribution is 6.32. The lowest BCUT2D eigenvalue weighted by atomic mass is 9.85. The molecule has 1 aromatic heterocycles. The van der Waals surface area contributed by atoms with Gasteiger partial charge in [0, 0.05) is 41.9 Å². The number of ether oxygens (including phenoxy) is 1. The van der Waals surface area contributed by atoms with E-state index < -0.39 is 5.54 Å². The summed E-state index contributed by atoms with van der Waals surface area (Å²) in [5.74, 6) is 0.890. The van der Waals surface area contributed by atoms with Crippen molar-refractivity contribution in [2.45, 2.75) is 82.4 Å². The molecule has 34 heavy (non-hydrogen) atoms. The van der Waals surface area contributed by atoms with E-state index in [-0.39, 0.29) is 29.9 Å². The van der Waals surface area contributed by atoms with Gasteiger partial charge in [-0.25, -0.2) is 4.99 Å². The van der Waals surface area contributed by atoms with Crippen LogP contribution in [-0.2, 0) is 21.5 Å². The van der Waals surface area contributed by atoms with Gasteiger partial charge in [0.05, 0.1) is 17.6 Å². The number of aromatic nitrogens is 1. The maximum Gasteiger partial charge on any atom is 0.232 e. The first kappa shape index (κ1) is 23.3. The second-order valence-electron chi connectivity index (χ2n) is 10.8. The van der Waals surface area contributed by atoms with Gasteiger partial charge in [-0.3, -0.25) is 14.7 Å². The number of amides is 1. The lowest BCUT2D eigenvalue weighted by Crippen LogP contribution is -2.57. The number of hydrogen-bond donors (Lipinski definition) is 1. The third-order valence-electron chi connectivity index (χ3n) is 7.31. The van der Waals surface area contributed by atoms with Gasteiger partial charge in [-0.1, -0.05) is 35.9 Å². The number of halogens is 1. The van der Waals surface area contributed by atoms with Crippen LogP contribution in [0.25, 0.3) is 0 Å². The Balaban J connectivity index is 1.39. The molecule has 0 spiro atoms. The first-order valence-corrected chi connectivity index (χ1v) is 12.6. The van der Waals surface area contributed by atoms with Gasteiger partial charge in [0.1, 0.15) is 0 Å². The molecule has 2 aliphatic heterocycles. The van der Waals surface area contributed by atoms with Crippen LogP contribution in [0, 0.1) is 0 Å². The smallest absolute Gasteiger partial charge is 0.232 e. The number of carbonyl (C=O) groups excluding carboxylic acids is 1. The minimum Gasteiger partial charge on any atom is -0.375 e. The van der Waals surface area contributed by atoms with Gasteiger partial charge in [-0.15, -0.1) is 0 Å². The van der Waals surface area contributed by atoms with Crippen molar-refractivity contribution in [1.29, 1.82) is 0 Å². The highest BCUT2D eigenvalue weighted by Gasteiger charge is 2.43. The van der Waals surface area contributed by atoms with Crippen LogP contribution in [0.4, 0.5) is 0 Å². The molecule has 0 radical (unpaired) electrons. The van der Waals surface area contributed by atoms with Crippen molar-refractivity contribution in [3.8, 4) is 0 Å². The van der Waals surface area contributed by atoms with Crippen LogP contribution in [0.1, 0.15) is 81.2 Å². The summed E-state index contributed by atoms with van der Waals surface area (Å²) >= 11 is 6.92. The predicted molar refractivity (Wildman–Crippen MR) is 134 cm³/mol. The lowest BCUT2D eigenvalue weighted by Gasteiger charge is -2.44. The van der Waals surface area contributed by atoms with Crippen molar-refractivity contribution < 1.29 is 9.53 Å². The number of nitrogens with zero attached hydrogens (tertiary/aromatic N) is 3. The molecule has 0 bridgehead atoms. The van der Waals surface area contributed by atoms with E-state index in [1.807, 2.05) is 45.2 Å². The van der Waals surface area contributed by atoms with Crippen molar-refractivity contribution in [2.75, 3.05) is 6.61 Å². The topological polar surface area (TPSA) is 80.8 Å². The molecule has 3 heterocycles. The Morgan fingerprint density at radius 3 is 2.62 bits per heavy atom. The number of nitrogens with two attached hydrogens (primary N) is 1. The fourth-order valence-corrected chi connectivity index (χ4v) is 5.73. The number of benzene rings is 1. The van der Waals surface area contributed by atoms with Gasteiger partial charge in [0.2, 0.25) is 5.91 Å². The molecule has 3 aliphatic rings. The molecule has 2 N–H and O–H groups in total. The monoisotopic (exact) mass is 480 g/mol. The van der Waals surface area contributed by atoms with E-state index in [9.17, 15) is 4.79 Å². The van der Waals surface area contributed by atoms with Crippen LogP contribution in [0.3, 0.4) is 0 Å². The summed E-state index contributed by atoms with van der Waals surface area (Å²) in [5.41, 5.74) is 9.45. The van der Waals surface area contributed by atoms with Crippen LogP contribution in [0.2, 0.25) is 5.02 Å². The minimum atomic E-state index is -0.806. The second kappa shape index (κ2) is 8.65. The number of guanidine groups is 1. The van der Waals surface area contributed by atoms with Gasteiger partial charge in [0.25, 0.3) is 0 Å². The second-order valence-corrected chi connectivity index (χ2v) is 11.1. The lowest BCUT2D eigenvalue weighted by molar-refractivity contribution is -0.136. The van der Waals surface area contributed by atoms with Gasteiger partial charge in [-0.2, -0.15) is 0 Å². The summed E-state index contributed by atoms with van der Waals surface area (Å²) in [6.45, 7) is 6.65. The van der Waals surface area contributed by atoms with E-state index >= 15 is 0 Å². The molecule has 0 unspecified atom stereocenters. The molecule has 1 saturated carbocycles. The van der Waals surface area contributed by atoms with Crippen LogP contribution in [0.15, 0.2) is 41.5 Å². The Labute approximate surface area is 206 Å². The molecule has 7 heteroatoms. The van der Waals surface area contributed by atoms with E-state index in [0.29, 0.717) is 24.0 Å². The van der Waals surface area contributed by atoms with Crippen LogP contribution >= 0.6 is 11.6 Å². The zero-order valence-corrected chi connectivity index (χ0v) is 20.9. The standard InChI is InChI=1S/C27H33ClN4O2/c1-26(2)14-20(11-12-34-26)32-23(33)15-27(3,31-25(32)29)21-6-4-5-19(24(21)28)13-17-7-10-22(30-16-17)18-8-9-18/h4-7,10,16,18,20H,8-9,11-15H2,1-3H3,(H2,29,31)/t20-,27-/m0/s1. The summed E-state index contributed by atoms with van der Waals surface area (Å²) in [7, 11) is 0. The summed E-state index contributed by atoms with van der Waals surface area (Å²) in [6.07, 6.45) is 6.83. The van der Waals surface area contributed by atoms with E-state index in [0.717, 1.165) is 29.5 Å². The Bertz CT molecular complexity index is 1130. The molecule has 2 atom stereocenters. The largest absolute Gasteiger partial charge is 0.375 e. The molecular formula is C27H33ClN4O2. The molecule has 5 rings (SSSR count). The Morgan fingerprint density at radius 1 is 1.18 bits per heavy atom. The highest BCUT2D eigenvalue weighted by atomic mass is 35.5. The molecule has 1 amide bonds. The third kappa shape index (κ3) is 4.58. The highest BCUT2D eigenvalue weighted by Crippen LogP contribution is 2.41. The summed E-state index contributed by atoms with van der Waals surface area (Å²) in [6, 6.07) is 10.2. The average molecular weight is 481 g/mol. The molecular weight excluding hydrogens is 448 g/mol. The summed E-state index contributed by atoms with van der Waals surface area (Å²) in [5, 5.41) is 0.640. The number of pyridine rings is 1. The van der Waals surface area contributed by atoms with Crippen LogP contribution < -0.4 is 5.73 Å². The minimum absolute atomic E-state index is 0.00235. The van der Waals surface area contributed by atoms with Crippen molar-refractivity contribution in [3.63, 3.8) is 0 Å². The maximum absolute atomic E-state index is 13.4. The van der Waals surface area contributed by atoms with Gasteiger partial charge in [0.15, 0.2) is 5.96 Å². The summed E-state index contributed by atoms with van der Waals surface area (Å²) < 4.78 is 5.83. The average Bonchev–Trinajstić information content (AvgIpc) is 3.60. The number of hydrogen-bond acceptors (Lipinski definition) is 5. The number of aliphatic imine (C=N–C) groups is 1. The summed E-state index contributed by atoms with van der Waals surface area (Å²) in [4.78, 5) is 24.5. The van der Waals surface area contributed by atoms with E-state index in [4.69, 9.17) is 27.1 Å². The van der Waals surface area contributed by atoms with E-state index in [1.54, 1.807) is 4.90 Å². The van der Waals surface area contributed by atoms with Gasteiger partial charge in [-0.05, 0) is 69.2 Å². The Hall–Kier alpha value is -2.44. The van der Waals surface area contributed by atoms with Gasteiger partial charge >= 0.3 is 0 Å². The maximum atomic E-state index is 13.4. The first-order chi connectivity index (χ1) is 16.2. The molecule has 2 aromatic rings. The zero-order chi connectivity index (χ0) is 24.1. The van der Waals surface area contributed by atoms with Gasteiger partial charge < -0.3 is 10.5 Å². The van der Waals surface area contributed by atoms with Crippen molar-refractivity contribution in [1.82, 2.24) is 9.88 Å². The molecule has 1 saturated heterocycles. The normalized spacial score (nSPS) is 26.9. The van der Waals surface area contributed by atoms with E-state index in [1.165, 1.54) is 18.5 Å². The van der Waals surface area contributed by atoms with Crippen molar-refractivity contribution in [2.24, 2.45) is 10.7 Å². The van der Waals surface area contributed by atoms with Crippen molar-refractivity contribution in [3.05, 3.63) is 63.9 Å². The van der Waals surface area contributed by atoms with E-state index in [2.05, 4.69) is 17.1 Å². The molecule has 1 aliphatic carbocycles. The Morgan fingerprint density at radius 2 is 1.97 bits per heavy atom. The Kier molecular flexibility index (Phi) is 5.93. The van der Waals surface area contributed by atoms with Crippen LogP contribution in [0.5, 0.6) is 0 Å². The van der Waals surface area contributed by atoms with Crippen molar-refractivity contribution >= 4 is 23.5 Å². The quantitative estimate of drug-likeness (QED) is 0.658. The third-order valence-corrected chi connectivity index (χ3v) is 7.75. The fraction of sp³-hybridized carbons (Fsp3) is 0.519. The first-order valence-electron chi connectivity index (χ1n) is 12.2. The SMILES string of the molecule is CC1(C)C[C@@H](N2C(=O)C[C@@](C)(c3cccc(Cc4ccc(C5CC5)nc4)c3Cl)N=C2N)CCO1. The predicted octanol–water partition coefficient (Wildman–Crippen LogP) is 4.92. The zero-order valence-electron chi connectivity index (χ0n) is 20.2. The van der Waals surface area contributed by atoms with Crippen LogP contribution in [-0.4, -0.2) is 40.0 Å². The molecule has 180 valence electrons. The number of rotatable bonds is 5. The fourth-order valence-electron chi connectivity index (χ4n) is 5.33. The molecule has 6 nitrogen and oxygen atoms in total. The molecule has 1 aromatic carbocycles.